The highest BCUT2D eigenvalue weighted by Crippen LogP contribution is 2.49. The maximum Gasteiger partial charge on any atom is 0.226 e. The number of nitrogens with zero attached hydrogens (tertiary/aromatic N) is 3. The van der Waals surface area contributed by atoms with Gasteiger partial charge in [-0.3, -0.25) is 9.48 Å². The van der Waals surface area contributed by atoms with Crippen molar-refractivity contribution in [2.24, 2.45) is 5.92 Å². The van der Waals surface area contributed by atoms with Crippen molar-refractivity contribution in [3.05, 3.63) is 53.6 Å². The molecule has 1 aromatic carbocycles. The number of hydrogen-bond donors (Lipinski definition) is 0. The van der Waals surface area contributed by atoms with Crippen molar-refractivity contribution in [3.8, 4) is 0 Å². The fraction of sp³-hybridized carbons (Fsp3) is 0.500. The predicted molar refractivity (Wildman–Crippen MR) is 93.6 cm³/mol. The SMILES string of the molecule is Cc1cnn(C[C@@H]2CCCCN2C(=O)[C@@H]2C[C@@H]2c2cccc(F)c2)c1. The van der Waals surface area contributed by atoms with E-state index in [-0.39, 0.29) is 29.6 Å². The first-order chi connectivity index (χ1) is 12.1. The van der Waals surface area contributed by atoms with Crippen LogP contribution in [0.1, 0.15) is 42.7 Å². The predicted octanol–water partition coefficient (Wildman–Crippen LogP) is 3.52. The summed E-state index contributed by atoms with van der Waals surface area (Å²) in [4.78, 5) is 15.1. The van der Waals surface area contributed by atoms with Crippen molar-refractivity contribution in [1.29, 1.82) is 0 Å². The zero-order valence-corrected chi connectivity index (χ0v) is 14.6. The van der Waals surface area contributed by atoms with E-state index in [4.69, 9.17) is 0 Å². The van der Waals surface area contributed by atoms with Crippen molar-refractivity contribution < 1.29 is 9.18 Å². The Balaban J connectivity index is 1.44. The third-order valence-corrected chi connectivity index (χ3v) is 5.45. The Morgan fingerprint density at radius 1 is 1.36 bits per heavy atom. The number of amides is 1. The van der Waals surface area contributed by atoms with Crippen LogP contribution < -0.4 is 0 Å². The Morgan fingerprint density at radius 3 is 3.00 bits per heavy atom. The Hall–Kier alpha value is -2.17. The molecule has 0 unspecified atom stereocenters. The van der Waals surface area contributed by atoms with Crippen molar-refractivity contribution in [2.75, 3.05) is 6.54 Å². The molecule has 1 saturated carbocycles. The molecule has 0 bridgehead atoms. The standard InChI is InChI=1S/C20H24FN3O/c1-14-11-22-23(12-14)13-17-7-2-3-8-24(17)20(25)19-10-18(19)15-5-4-6-16(21)9-15/h4-6,9,11-12,17-19H,2-3,7-8,10,13H2,1H3/t17-,18+,19+/m0/s1. The van der Waals surface area contributed by atoms with Gasteiger partial charge in [0.2, 0.25) is 5.91 Å². The quantitative estimate of drug-likeness (QED) is 0.853. The lowest BCUT2D eigenvalue weighted by Gasteiger charge is -2.36. The Morgan fingerprint density at radius 2 is 2.24 bits per heavy atom. The number of halogens is 1. The van der Waals surface area contributed by atoms with Crippen LogP contribution in [-0.2, 0) is 11.3 Å². The number of carbonyl (C=O) groups is 1. The van der Waals surface area contributed by atoms with E-state index in [1.807, 2.05) is 30.1 Å². The van der Waals surface area contributed by atoms with Crippen LogP contribution in [-0.4, -0.2) is 33.2 Å². The van der Waals surface area contributed by atoms with Crippen LogP contribution in [0.3, 0.4) is 0 Å². The monoisotopic (exact) mass is 341 g/mol. The zero-order valence-electron chi connectivity index (χ0n) is 14.6. The van der Waals surface area contributed by atoms with Gasteiger partial charge in [0.15, 0.2) is 0 Å². The number of aromatic nitrogens is 2. The second-order valence-corrected chi connectivity index (χ2v) is 7.42. The first-order valence-electron chi connectivity index (χ1n) is 9.17. The number of likely N-dealkylation sites (tertiary alicyclic amines) is 1. The van der Waals surface area contributed by atoms with Crippen LogP contribution in [0.25, 0.3) is 0 Å². The summed E-state index contributed by atoms with van der Waals surface area (Å²) in [5.41, 5.74) is 2.09. The van der Waals surface area contributed by atoms with Crippen LogP contribution in [0.5, 0.6) is 0 Å². The number of aryl methyl sites for hydroxylation is 1. The largest absolute Gasteiger partial charge is 0.338 e. The highest BCUT2D eigenvalue weighted by atomic mass is 19.1. The average molecular weight is 341 g/mol. The summed E-state index contributed by atoms with van der Waals surface area (Å²) in [5.74, 6) is 0.211. The summed E-state index contributed by atoms with van der Waals surface area (Å²) < 4.78 is 15.4. The highest BCUT2D eigenvalue weighted by Gasteiger charge is 2.47. The summed E-state index contributed by atoms with van der Waals surface area (Å²) in [6.07, 6.45) is 7.98. The number of benzene rings is 1. The van der Waals surface area contributed by atoms with E-state index in [0.29, 0.717) is 0 Å². The molecule has 25 heavy (non-hydrogen) atoms. The molecular weight excluding hydrogens is 317 g/mol. The zero-order chi connectivity index (χ0) is 17.4. The van der Waals surface area contributed by atoms with Crippen molar-refractivity contribution in [1.82, 2.24) is 14.7 Å². The minimum absolute atomic E-state index is 0.0155. The molecule has 1 aliphatic carbocycles. The highest BCUT2D eigenvalue weighted by molar-refractivity contribution is 5.83. The van der Waals surface area contributed by atoms with Crippen molar-refractivity contribution >= 4 is 5.91 Å². The first-order valence-corrected chi connectivity index (χ1v) is 9.17. The minimum atomic E-state index is -0.222. The fourth-order valence-corrected chi connectivity index (χ4v) is 4.05. The smallest absolute Gasteiger partial charge is 0.226 e. The topological polar surface area (TPSA) is 38.1 Å². The summed E-state index contributed by atoms with van der Waals surface area (Å²) in [6, 6.07) is 6.90. The summed E-state index contributed by atoms with van der Waals surface area (Å²) in [6.45, 7) is 3.62. The summed E-state index contributed by atoms with van der Waals surface area (Å²) in [5, 5.41) is 4.37. The van der Waals surface area contributed by atoms with Crippen LogP contribution in [0, 0.1) is 18.7 Å². The van der Waals surface area contributed by atoms with Gasteiger partial charge in [0, 0.05) is 18.7 Å². The molecule has 5 heteroatoms. The van der Waals surface area contributed by atoms with Crippen molar-refractivity contribution in [2.45, 2.75) is 51.1 Å². The first kappa shape index (κ1) is 16.3. The third kappa shape index (κ3) is 3.46. The Labute approximate surface area is 147 Å². The molecular formula is C20H24FN3O. The summed E-state index contributed by atoms with van der Waals surface area (Å²) >= 11 is 0. The van der Waals surface area contributed by atoms with E-state index in [0.717, 1.165) is 49.9 Å². The molecule has 2 aliphatic rings. The molecule has 1 aliphatic heterocycles. The van der Waals surface area contributed by atoms with Gasteiger partial charge in [-0.1, -0.05) is 12.1 Å². The van der Waals surface area contributed by atoms with Crippen LogP contribution in [0.15, 0.2) is 36.7 Å². The van der Waals surface area contributed by atoms with Gasteiger partial charge in [-0.2, -0.15) is 5.10 Å². The number of carbonyl (C=O) groups excluding carboxylic acids is 1. The summed E-state index contributed by atoms with van der Waals surface area (Å²) in [7, 11) is 0. The van der Waals surface area contributed by atoms with Gasteiger partial charge in [-0.25, -0.2) is 4.39 Å². The lowest BCUT2D eigenvalue weighted by molar-refractivity contribution is -0.136. The molecule has 0 radical (unpaired) electrons. The molecule has 132 valence electrons. The number of piperidine rings is 1. The van der Waals surface area contributed by atoms with Gasteiger partial charge in [-0.05, 0) is 61.8 Å². The van der Waals surface area contributed by atoms with E-state index in [1.54, 1.807) is 12.1 Å². The van der Waals surface area contributed by atoms with Gasteiger partial charge in [-0.15, -0.1) is 0 Å². The van der Waals surface area contributed by atoms with E-state index in [1.165, 1.54) is 6.07 Å². The second-order valence-electron chi connectivity index (χ2n) is 7.42. The van der Waals surface area contributed by atoms with Crippen molar-refractivity contribution in [3.63, 3.8) is 0 Å². The Kier molecular flexibility index (Phi) is 4.32. The average Bonchev–Trinajstić information content (AvgIpc) is 3.31. The fourth-order valence-electron chi connectivity index (χ4n) is 4.05. The van der Waals surface area contributed by atoms with E-state index in [2.05, 4.69) is 10.00 Å². The molecule has 1 saturated heterocycles. The van der Waals surface area contributed by atoms with Gasteiger partial charge < -0.3 is 4.90 Å². The van der Waals surface area contributed by atoms with E-state index in [9.17, 15) is 9.18 Å². The van der Waals surface area contributed by atoms with E-state index < -0.39 is 0 Å². The van der Waals surface area contributed by atoms with E-state index >= 15 is 0 Å². The molecule has 2 heterocycles. The minimum Gasteiger partial charge on any atom is -0.338 e. The normalized spacial score (nSPS) is 25.8. The third-order valence-electron chi connectivity index (χ3n) is 5.45. The Bertz CT molecular complexity index is 772. The van der Waals surface area contributed by atoms with Crippen LogP contribution >= 0.6 is 0 Å². The molecule has 1 aromatic heterocycles. The molecule has 1 amide bonds. The molecule has 0 N–H and O–H groups in total. The lowest BCUT2D eigenvalue weighted by atomic mass is 10.0. The molecule has 4 rings (SSSR count). The van der Waals surface area contributed by atoms with Crippen LogP contribution in [0.4, 0.5) is 4.39 Å². The van der Waals surface area contributed by atoms with Gasteiger partial charge in [0.05, 0.1) is 18.8 Å². The molecule has 4 nitrogen and oxygen atoms in total. The molecule has 3 atom stereocenters. The molecule has 0 spiro atoms. The van der Waals surface area contributed by atoms with Gasteiger partial charge in [0.25, 0.3) is 0 Å². The maximum atomic E-state index is 13.4. The van der Waals surface area contributed by atoms with Crippen LogP contribution in [0.2, 0.25) is 0 Å². The molecule has 2 fully saturated rings. The maximum absolute atomic E-state index is 13.4. The second kappa shape index (κ2) is 6.62. The lowest BCUT2D eigenvalue weighted by Crippen LogP contribution is -2.46. The van der Waals surface area contributed by atoms with Gasteiger partial charge >= 0.3 is 0 Å². The number of hydrogen-bond acceptors (Lipinski definition) is 2. The number of rotatable bonds is 4. The van der Waals surface area contributed by atoms with Gasteiger partial charge in [0.1, 0.15) is 5.82 Å². The molecule has 2 aromatic rings.